The van der Waals surface area contributed by atoms with Crippen molar-refractivity contribution >= 4 is 40.8 Å². The molecule has 0 radical (unpaired) electrons. The molecular formula is C27H25Cl2N7O2. The minimum Gasteiger partial charge on any atom is -0.345 e. The summed E-state index contributed by atoms with van der Waals surface area (Å²) in [5, 5.41) is 10.9. The molecule has 1 aliphatic heterocycles. The molecule has 4 N–H and O–H groups in total. The summed E-state index contributed by atoms with van der Waals surface area (Å²) in [4.78, 5) is 30.9. The van der Waals surface area contributed by atoms with Crippen LogP contribution in [0.4, 0.5) is 5.82 Å². The normalized spacial score (nSPS) is 18.8. The number of hydrogen-bond donors (Lipinski definition) is 4. The van der Waals surface area contributed by atoms with Crippen LogP contribution in [0.5, 0.6) is 0 Å². The molecule has 0 spiro atoms. The molecule has 11 heteroatoms. The Balaban J connectivity index is 1.47. The Bertz CT molecular complexity index is 1470. The number of para-hydroxylation sites is 1. The fourth-order valence-electron chi connectivity index (χ4n) is 4.32. The molecule has 1 saturated heterocycles. The molecule has 1 fully saturated rings. The number of rotatable bonds is 6. The summed E-state index contributed by atoms with van der Waals surface area (Å²) in [6.07, 6.45) is 1.64. The second-order valence-corrected chi connectivity index (χ2v) is 9.82. The maximum atomic E-state index is 13.4. The van der Waals surface area contributed by atoms with Crippen LogP contribution >= 0.6 is 23.2 Å². The van der Waals surface area contributed by atoms with Gasteiger partial charge in [0.05, 0.1) is 33.0 Å². The van der Waals surface area contributed by atoms with Crippen LogP contribution < -0.4 is 21.5 Å². The Hall–Kier alpha value is -3.76. The third kappa shape index (κ3) is 5.27. The van der Waals surface area contributed by atoms with E-state index in [-0.39, 0.29) is 40.3 Å². The first-order valence-corrected chi connectivity index (χ1v) is 12.8. The number of nitrogens with one attached hydrogen (secondary N) is 4. The van der Waals surface area contributed by atoms with Gasteiger partial charge in [-0.2, -0.15) is 5.10 Å². The summed E-state index contributed by atoms with van der Waals surface area (Å²) in [6.45, 7) is 3.95. The Labute approximate surface area is 229 Å². The van der Waals surface area contributed by atoms with Gasteiger partial charge in [-0.15, -0.1) is 0 Å². The van der Waals surface area contributed by atoms with Gasteiger partial charge in [0.2, 0.25) is 0 Å². The summed E-state index contributed by atoms with van der Waals surface area (Å²) >= 11 is 12.8. The number of amides is 2. The van der Waals surface area contributed by atoms with E-state index in [0.29, 0.717) is 27.8 Å². The predicted octanol–water partition coefficient (Wildman–Crippen LogP) is 4.48. The van der Waals surface area contributed by atoms with Crippen LogP contribution in [0.3, 0.4) is 0 Å². The molecule has 2 aromatic heterocycles. The maximum absolute atomic E-state index is 13.4. The van der Waals surface area contributed by atoms with Gasteiger partial charge in [-0.05, 0) is 50.2 Å². The van der Waals surface area contributed by atoms with Crippen molar-refractivity contribution in [3.05, 3.63) is 94.2 Å². The zero-order chi connectivity index (χ0) is 26.8. The predicted molar refractivity (Wildman–Crippen MR) is 148 cm³/mol. The molecule has 9 nitrogen and oxygen atoms in total. The number of anilines is 1. The van der Waals surface area contributed by atoms with Crippen LogP contribution in [0.1, 0.15) is 34.7 Å². The molecule has 0 saturated carbocycles. The van der Waals surface area contributed by atoms with Gasteiger partial charge in [0.15, 0.2) is 5.69 Å². The highest BCUT2D eigenvalue weighted by Gasteiger charge is 2.32. The second-order valence-electron chi connectivity index (χ2n) is 9.01. The van der Waals surface area contributed by atoms with Gasteiger partial charge < -0.3 is 10.6 Å². The zero-order valence-electron chi connectivity index (χ0n) is 20.6. The molecule has 2 aromatic carbocycles. The average Bonchev–Trinajstić information content (AvgIpc) is 3.48. The lowest BCUT2D eigenvalue weighted by Crippen LogP contribution is -2.46. The topological polar surface area (TPSA) is 113 Å². The fourth-order valence-corrected chi connectivity index (χ4v) is 4.89. The van der Waals surface area contributed by atoms with Crippen molar-refractivity contribution in [3.63, 3.8) is 0 Å². The van der Waals surface area contributed by atoms with Gasteiger partial charge in [0, 0.05) is 29.9 Å². The highest BCUT2D eigenvalue weighted by molar-refractivity contribution is 6.38. The Kier molecular flexibility index (Phi) is 7.44. The SMILES string of the molecule is CC1NNC(C)C1NC(=O)c1cc(NC(=O)c2cc(-c3ccccn3)c(Cl)cc2Cl)n(-c2ccccc2)n1. The number of hydrazine groups is 1. The van der Waals surface area contributed by atoms with Crippen LogP contribution in [0.25, 0.3) is 16.9 Å². The molecule has 0 bridgehead atoms. The van der Waals surface area contributed by atoms with E-state index in [1.54, 1.807) is 24.4 Å². The second kappa shape index (κ2) is 10.9. The molecule has 38 heavy (non-hydrogen) atoms. The van der Waals surface area contributed by atoms with Crippen molar-refractivity contribution in [2.45, 2.75) is 32.0 Å². The highest BCUT2D eigenvalue weighted by Crippen LogP contribution is 2.32. The van der Waals surface area contributed by atoms with E-state index in [9.17, 15) is 9.59 Å². The molecule has 0 aliphatic carbocycles. The smallest absolute Gasteiger partial charge is 0.272 e. The lowest BCUT2D eigenvalue weighted by atomic mass is 10.1. The number of carbonyl (C=O) groups excluding carboxylic acids is 2. The van der Waals surface area contributed by atoms with Crippen molar-refractivity contribution in [1.82, 2.24) is 30.9 Å². The molecule has 5 rings (SSSR count). The van der Waals surface area contributed by atoms with E-state index in [2.05, 4.69) is 31.6 Å². The molecule has 3 heterocycles. The highest BCUT2D eigenvalue weighted by atomic mass is 35.5. The first kappa shape index (κ1) is 25.9. The summed E-state index contributed by atoms with van der Waals surface area (Å²) in [7, 11) is 0. The molecule has 2 unspecified atom stereocenters. The largest absolute Gasteiger partial charge is 0.345 e. The van der Waals surface area contributed by atoms with Crippen LogP contribution in [0.15, 0.2) is 72.9 Å². The first-order valence-electron chi connectivity index (χ1n) is 12.0. The van der Waals surface area contributed by atoms with E-state index in [1.165, 1.54) is 16.8 Å². The summed E-state index contributed by atoms with van der Waals surface area (Å²) in [6, 6.07) is 19.2. The van der Waals surface area contributed by atoms with Gasteiger partial charge in [0.1, 0.15) is 5.82 Å². The number of carbonyl (C=O) groups is 2. The number of nitrogens with zero attached hydrogens (tertiary/aromatic N) is 3. The van der Waals surface area contributed by atoms with Crippen molar-refractivity contribution in [3.8, 4) is 16.9 Å². The molecule has 194 valence electrons. The van der Waals surface area contributed by atoms with E-state index >= 15 is 0 Å². The monoisotopic (exact) mass is 549 g/mol. The standard InChI is InChI=1S/C27H25Cl2N7O2/c1-15-25(16(2)34-33-15)32-27(38)23-14-24(36(35-23)17-8-4-3-5-9-17)31-26(37)19-12-18(20(28)13-21(19)29)22-10-6-7-11-30-22/h3-16,25,33-34H,1-2H3,(H,31,37)(H,32,38). The molecule has 1 aliphatic rings. The molecule has 2 amide bonds. The average molecular weight is 550 g/mol. The quantitative estimate of drug-likeness (QED) is 0.282. The number of halogens is 2. The van der Waals surface area contributed by atoms with Gasteiger partial charge in [-0.1, -0.05) is 47.5 Å². The van der Waals surface area contributed by atoms with Crippen molar-refractivity contribution in [2.24, 2.45) is 0 Å². The lowest BCUT2D eigenvalue weighted by molar-refractivity contribution is 0.0925. The van der Waals surface area contributed by atoms with Gasteiger partial charge in [0.25, 0.3) is 11.8 Å². The van der Waals surface area contributed by atoms with Crippen molar-refractivity contribution in [2.75, 3.05) is 5.32 Å². The summed E-state index contributed by atoms with van der Waals surface area (Å²) in [5.74, 6) is -0.536. The molecular weight excluding hydrogens is 525 g/mol. The number of hydrogen-bond acceptors (Lipinski definition) is 6. The van der Waals surface area contributed by atoms with Gasteiger partial charge in [-0.3, -0.25) is 25.4 Å². The van der Waals surface area contributed by atoms with Gasteiger partial charge >= 0.3 is 0 Å². The zero-order valence-corrected chi connectivity index (χ0v) is 22.1. The van der Waals surface area contributed by atoms with Crippen LogP contribution in [0, 0.1) is 0 Å². The van der Waals surface area contributed by atoms with Gasteiger partial charge in [-0.25, -0.2) is 4.68 Å². The minimum atomic E-state index is -0.487. The van der Waals surface area contributed by atoms with Crippen LogP contribution in [-0.2, 0) is 0 Å². The van der Waals surface area contributed by atoms with Crippen LogP contribution in [0.2, 0.25) is 10.0 Å². The third-order valence-electron chi connectivity index (χ3n) is 6.34. The molecule has 2 atom stereocenters. The number of benzene rings is 2. The Morgan fingerprint density at radius 3 is 2.29 bits per heavy atom. The third-order valence-corrected chi connectivity index (χ3v) is 6.97. The first-order chi connectivity index (χ1) is 18.3. The van der Waals surface area contributed by atoms with E-state index in [0.717, 1.165) is 0 Å². The van der Waals surface area contributed by atoms with E-state index < -0.39 is 5.91 Å². The van der Waals surface area contributed by atoms with E-state index in [1.807, 2.05) is 50.2 Å². The number of pyridine rings is 1. The summed E-state index contributed by atoms with van der Waals surface area (Å²) < 4.78 is 1.51. The van der Waals surface area contributed by atoms with Crippen molar-refractivity contribution in [1.29, 1.82) is 0 Å². The van der Waals surface area contributed by atoms with E-state index in [4.69, 9.17) is 23.2 Å². The summed E-state index contributed by atoms with van der Waals surface area (Å²) in [5.41, 5.74) is 8.44. The lowest BCUT2D eigenvalue weighted by Gasteiger charge is -2.18. The van der Waals surface area contributed by atoms with Crippen molar-refractivity contribution < 1.29 is 9.59 Å². The number of aromatic nitrogens is 3. The Morgan fingerprint density at radius 1 is 0.895 bits per heavy atom. The maximum Gasteiger partial charge on any atom is 0.272 e. The Morgan fingerprint density at radius 2 is 1.61 bits per heavy atom. The fraction of sp³-hybridized carbons (Fsp3) is 0.185. The van der Waals surface area contributed by atoms with Crippen LogP contribution in [-0.4, -0.2) is 44.7 Å². The molecule has 4 aromatic rings. The minimum absolute atomic E-state index is 0.0321.